The summed E-state index contributed by atoms with van der Waals surface area (Å²) < 4.78 is 13.4. The second kappa shape index (κ2) is 4.26. The average molecular weight is 218 g/mol. The van der Waals surface area contributed by atoms with E-state index in [9.17, 15) is 9.18 Å². The van der Waals surface area contributed by atoms with Crippen LogP contribution in [-0.4, -0.2) is 10.9 Å². The molecule has 1 aromatic heterocycles. The number of hydrogen-bond donors (Lipinski definition) is 1. The van der Waals surface area contributed by atoms with Crippen molar-refractivity contribution < 1.29 is 9.18 Å². The van der Waals surface area contributed by atoms with Crippen LogP contribution in [-0.2, 0) is 11.2 Å². The highest BCUT2D eigenvalue weighted by atomic mass is 19.1. The minimum Gasteiger partial charge on any atom is -0.370 e. The molecule has 0 aliphatic heterocycles. The number of nitrogens with zero attached hydrogens (tertiary/aromatic N) is 1. The fraction of sp³-hybridized carbons (Fsp3) is 0.167. The normalized spacial score (nSPS) is 10.6. The van der Waals surface area contributed by atoms with Crippen molar-refractivity contribution in [3.63, 3.8) is 0 Å². The molecule has 4 heteroatoms. The van der Waals surface area contributed by atoms with Crippen LogP contribution in [0.1, 0.15) is 12.0 Å². The molecule has 0 bridgehead atoms. The molecule has 2 N–H and O–H groups in total. The van der Waals surface area contributed by atoms with Gasteiger partial charge in [-0.3, -0.25) is 9.78 Å². The summed E-state index contributed by atoms with van der Waals surface area (Å²) in [6, 6.07) is 4.82. The van der Waals surface area contributed by atoms with E-state index in [2.05, 4.69) is 4.98 Å². The van der Waals surface area contributed by atoms with Crippen molar-refractivity contribution in [3.8, 4) is 0 Å². The summed E-state index contributed by atoms with van der Waals surface area (Å²) in [7, 11) is 0. The van der Waals surface area contributed by atoms with Gasteiger partial charge in [0.25, 0.3) is 0 Å². The lowest BCUT2D eigenvalue weighted by atomic mass is 10.0. The SMILES string of the molecule is NC(=O)CCc1ccc(F)c2cnccc12. The van der Waals surface area contributed by atoms with Gasteiger partial charge in [-0.2, -0.15) is 0 Å². The second-order valence-electron chi connectivity index (χ2n) is 3.59. The molecule has 0 aliphatic carbocycles. The summed E-state index contributed by atoms with van der Waals surface area (Å²) >= 11 is 0. The van der Waals surface area contributed by atoms with E-state index in [0.717, 1.165) is 10.9 Å². The topological polar surface area (TPSA) is 56.0 Å². The molecule has 0 fully saturated rings. The number of amides is 1. The highest BCUT2D eigenvalue weighted by Gasteiger charge is 2.06. The Balaban J connectivity index is 2.46. The summed E-state index contributed by atoms with van der Waals surface area (Å²) in [5, 5.41) is 1.26. The Labute approximate surface area is 92.1 Å². The third kappa shape index (κ3) is 2.00. The first-order chi connectivity index (χ1) is 7.68. The number of halogens is 1. The molecule has 3 nitrogen and oxygen atoms in total. The number of carbonyl (C=O) groups excluding carboxylic acids is 1. The first kappa shape index (κ1) is 10.5. The standard InChI is InChI=1S/C12H11FN2O/c13-11-3-1-8(2-4-12(14)16)9-5-6-15-7-10(9)11/h1,3,5-7H,2,4H2,(H2,14,16). The van der Waals surface area contributed by atoms with Crippen LogP contribution < -0.4 is 5.73 Å². The number of hydrogen-bond acceptors (Lipinski definition) is 2. The average Bonchev–Trinajstić information content (AvgIpc) is 2.28. The zero-order valence-corrected chi connectivity index (χ0v) is 8.61. The van der Waals surface area contributed by atoms with Crippen molar-refractivity contribution in [3.05, 3.63) is 42.0 Å². The van der Waals surface area contributed by atoms with Crippen LogP contribution in [0.3, 0.4) is 0 Å². The molecule has 82 valence electrons. The quantitative estimate of drug-likeness (QED) is 0.853. The number of aromatic nitrogens is 1. The van der Waals surface area contributed by atoms with Gasteiger partial charge in [-0.25, -0.2) is 4.39 Å². The first-order valence-corrected chi connectivity index (χ1v) is 4.98. The highest BCUT2D eigenvalue weighted by molar-refractivity contribution is 5.86. The summed E-state index contributed by atoms with van der Waals surface area (Å²) in [6.45, 7) is 0. The number of aryl methyl sites for hydroxylation is 1. The Morgan fingerprint density at radius 3 is 2.88 bits per heavy atom. The molecule has 0 radical (unpaired) electrons. The van der Waals surface area contributed by atoms with Crippen molar-refractivity contribution in [1.82, 2.24) is 4.98 Å². The molecule has 1 amide bonds. The Bertz CT molecular complexity index is 540. The van der Waals surface area contributed by atoms with Crippen LogP contribution in [0, 0.1) is 5.82 Å². The van der Waals surface area contributed by atoms with E-state index in [-0.39, 0.29) is 18.1 Å². The van der Waals surface area contributed by atoms with Crippen LogP contribution in [0.5, 0.6) is 0 Å². The molecule has 2 rings (SSSR count). The predicted octanol–water partition coefficient (Wildman–Crippen LogP) is 1.79. The third-order valence-corrected chi connectivity index (χ3v) is 2.50. The molecule has 2 aromatic rings. The molecule has 0 aliphatic rings. The molecule has 1 heterocycles. The van der Waals surface area contributed by atoms with E-state index in [4.69, 9.17) is 5.73 Å². The number of carbonyl (C=O) groups is 1. The zero-order valence-electron chi connectivity index (χ0n) is 8.61. The van der Waals surface area contributed by atoms with Crippen molar-refractivity contribution in [1.29, 1.82) is 0 Å². The third-order valence-electron chi connectivity index (χ3n) is 2.50. The largest absolute Gasteiger partial charge is 0.370 e. The number of nitrogens with two attached hydrogens (primary N) is 1. The number of rotatable bonds is 3. The Hall–Kier alpha value is -1.97. The zero-order chi connectivity index (χ0) is 11.5. The molecular weight excluding hydrogens is 207 g/mol. The fourth-order valence-electron chi connectivity index (χ4n) is 1.69. The molecule has 0 spiro atoms. The summed E-state index contributed by atoms with van der Waals surface area (Å²) in [5.41, 5.74) is 6.00. The van der Waals surface area contributed by atoms with Gasteiger partial charge in [0, 0.05) is 24.2 Å². The highest BCUT2D eigenvalue weighted by Crippen LogP contribution is 2.21. The van der Waals surface area contributed by atoms with Crippen molar-refractivity contribution >= 4 is 16.7 Å². The summed E-state index contributed by atoms with van der Waals surface area (Å²) in [6.07, 6.45) is 3.88. The smallest absolute Gasteiger partial charge is 0.217 e. The van der Waals surface area contributed by atoms with Crippen LogP contribution in [0.4, 0.5) is 4.39 Å². The van der Waals surface area contributed by atoms with Gasteiger partial charge in [0.15, 0.2) is 0 Å². The number of primary amides is 1. The van der Waals surface area contributed by atoms with E-state index in [0.29, 0.717) is 11.8 Å². The molecule has 16 heavy (non-hydrogen) atoms. The van der Waals surface area contributed by atoms with Gasteiger partial charge in [0.1, 0.15) is 5.82 Å². The van der Waals surface area contributed by atoms with Crippen molar-refractivity contribution in [2.24, 2.45) is 5.73 Å². The molecule has 0 atom stereocenters. The van der Waals surface area contributed by atoms with E-state index in [1.165, 1.54) is 12.3 Å². The van der Waals surface area contributed by atoms with Gasteiger partial charge < -0.3 is 5.73 Å². The number of pyridine rings is 1. The summed E-state index contributed by atoms with van der Waals surface area (Å²) in [5.74, 6) is -0.655. The van der Waals surface area contributed by atoms with Crippen LogP contribution in [0.25, 0.3) is 10.8 Å². The molecular formula is C12H11FN2O. The van der Waals surface area contributed by atoms with Gasteiger partial charge in [0.2, 0.25) is 5.91 Å². The minimum absolute atomic E-state index is 0.267. The maximum Gasteiger partial charge on any atom is 0.217 e. The van der Waals surface area contributed by atoms with Gasteiger partial charge in [-0.05, 0) is 29.5 Å². The molecule has 0 unspecified atom stereocenters. The first-order valence-electron chi connectivity index (χ1n) is 4.98. The van der Waals surface area contributed by atoms with Crippen LogP contribution in [0.15, 0.2) is 30.6 Å². The maximum atomic E-state index is 13.4. The number of benzene rings is 1. The Morgan fingerprint density at radius 2 is 2.12 bits per heavy atom. The lowest BCUT2D eigenvalue weighted by Crippen LogP contribution is -2.11. The molecule has 1 aromatic carbocycles. The monoisotopic (exact) mass is 218 g/mol. The fourth-order valence-corrected chi connectivity index (χ4v) is 1.69. The predicted molar refractivity (Wildman–Crippen MR) is 59.2 cm³/mol. The van der Waals surface area contributed by atoms with E-state index < -0.39 is 0 Å². The minimum atomic E-state index is -0.355. The van der Waals surface area contributed by atoms with Gasteiger partial charge in [-0.1, -0.05) is 6.07 Å². The Morgan fingerprint density at radius 1 is 1.31 bits per heavy atom. The van der Waals surface area contributed by atoms with E-state index in [1.807, 2.05) is 0 Å². The summed E-state index contributed by atoms with van der Waals surface area (Å²) in [4.78, 5) is 14.6. The van der Waals surface area contributed by atoms with Gasteiger partial charge in [0.05, 0.1) is 0 Å². The van der Waals surface area contributed by atoms with Crippen LogP contribution in [0.2, 0.25) is 0 Å². The number of fused-ring (bicyclic) bond motifs is 1. The lowest BCUT2D eigenvalue weighted by molar-refractivity contribution is -0.117. The van der Waals surface area contributed by atoms with E-state index >= 15 is 0 Å². The van der Waals surface area contributed by atoms with Crippen molar-refractivity contribution in [2.45, 2.75) is 12.8 Å². The molecule has 0 saturated carbocycles. The van der Waals surface area contributed by atoms with Gasteiger partial charge in [-0.15, -0.1) is 0 Å². The van der Waals surface area contributed by atoms with Gasteiger partial charge >= 0.3 is 0 Å². The van der Waals surface area contributed by atoms with Crippen LogP contribution >= 0.6 is 0 Å². The maximum absolute atomic E-state index is 13.4. The van der Waals surface area contributed by atoms with E-state index in [1.54, 1.807) is 18.3 Å². The van der Waals surface area contributed by atoms with Crippen molar-refractivity contribution in [2.75, 3.05) is 0 Å². The molecule has 0 saturated heterocycles. The Kier molecular flexibility index (Phi) is 2.81. The lowest BCUT2D eigenvalue weighted by Gasteiger charge is -2.05. The second-order valence-corrected chi connectivity index (χ2v) is 3.59.